The third-order valence-corrected chi connectivity index (χ3v) is 4.15. The van der Waals surface area contributed by atoms with Gasteiger partial charge in [-0.2, -0.15) is 5.10 Å². The van der Waals surface area contributed by atoms with E-state index in [4.69, 9.17) is 17.3 Å². The van der Waals surface area contributed by atoms with Gasteiger partial charge in [-0.05, 0) is 18.9 Å². The summed E-state index contributed by atoms with van der Waals surface area (Å²) in [4.78, 5) is 0. The van der Waals surface area contributed by atoms with E-state index in [-0.39, 0.29) is 0 Å². The molecule has 1 aromatic heterocycles. The number of benzene rings is 1. The van der Waals surface area contributed by atoms with Crippen LogP contribution >= 0.6 is 11.6 Å². The van der Waals surface area contributed by atoms with Crippen LogP contribution in [0.25, 0.3) is 11.1 Å². The Morgan fingerprint density at radius 3 is 2.57 bits per heavy atom. The first-order valence-electron chi connectivity index (χ1n) is 7.71. The first kappa shape index (κ1) is 15.9. The molecule has 2 aromatic rings. The average Bonchev–Trinajstić information content (AvgIpc) is 2.75. The molecule has 4 heteroatoms. The molecule has 114 valence electrons. The highest BCUT2D eigenvalue weighted by molar-refractivity contribution is 6.33. The summed E-state index contributed by atoms with van der Waals surface area (Å²) in [6.45, 7) is 2.23. The standard InChI is InChI=1S/C17H24ClN3/c1-3-4-5-6-7-12-15-16(17(19)21(2)20-15)13-10-8-9-11-14(13)18/h8-11H,3-7,12,19H2,1-2H3. The normalized spacial score (nSPS) is 11.0. The predicted octanol–water partition coefficient (Wildman–Crippen LogP) is 4.84. The molecule has 0 saturated carbocycles. The van der Waals surface area contributed by atoms with E-state index < -0.39 is 0 Å². The number of nitrogens with two attached hydrogens (primary N) is 1. The molecule has 0 radical (unpaired) electrons. The van der Waals surface area contributed by atoms with Gasteiger partial charge in [-0.15, -0.1) is 0 Å². The first-order valence-corrected chi connectivity index (χ1v) is 8.09. The summed E-state index contributed by atoms with van der Waals surface area (Å²) in [6, 6.07) is 7.83. The molecule has 2 rings (SSSR count). The quantitative estimate of drug-likeness (QED) is 0.744. The fourth-order valence-electron chi connectivity index (χ4n) is 2.62. The number of nitrogens with zero attached hydrogens (tertiary/aromatic N) is 2. The van der Waals surface area contributed by atoms with Crippen LogP contribution in [0.3, 0.4) is 0 Å². The fourth-order valence-corrected chi connectivity index (χ4v) is 2.85. The van der Waals surface area contributed by atoms with Crippen molar-refractivity contribution in [3.05, 3.63) is 35.0 Å². The molecule has 0 fully saturated rings. The Morgan fingerprint density at radius 2 is 1.86 bits per heavy atom. The lowest BCUT2D eigenvalue weighted by Crippen LogP contribution is -1.98. The second-order valence-corrected chi connectivity index (χ2v) is 5.88. The summed E-state index contributed by atoms with van der Waals surface area (Å²) in [5.74, 6) is 0.687. The highest BCUT2D eigenvalue weighted by Crippen LogP contribution is 2.35. The Kier molecular flexibility index (Phi) is 5.68. The SMILES string of the molecule is CCCCCCCc1nn(C)c(N)c1-c1ccccc1Cl. The van der Waals surface area contributed by atoms with Crippen LogP contribution in [0.4, 0.5) is 5.82 Å². The van der Waals surface area contributed by atoms with Gasteiger partial charge in [0.25, 0.3) is 0 Å². The Labute approximate surface area is 132 Å². The van der Waals surface area contributed by atoms with Gasteiger partial charge in [-0.3, -0.25) is 4.68 Å². The maximum absolute atomic E-state index is 6.32. The van der Waals surface area contributed by atoms with E-state index in [9.17, 15) is 0 Å². The van der Waals surface area contributed by atoms with Crippen LogP contribution in [0, 0.1) is 0 Å². The van der Waals surface area contributed by atoms with Crippen LogP contribution in [0.15, 0.2) is 24.3 Å². The molecular formula is C17H24ClN3. The zero-order chi connectivity index (χ0) is 15.2. The number of rotatable bonds is 7. The van der Waals surface area contributed by atoms with Crippen molar-refractivity contribution >= 4 is 17.4 Å². The van der Waals surface area contributed by atoms with E-state index >= 15 is 0 Å². The summed E-state index contributed by atoms with van der Waals surface area (Å²) >= 11 is 6.32. The van der Waals surface area contributed by atoms with Crippen molar-refractivity contribution in [1.29, 1.82) is 0 Å². The van der Waals surface area contributed by atoms with E-state index in [0.29, 0.717) is 5.82 Å². The Balaban J connectivity index is 2.19. The number of unbranched alkanes of at least 4 members (excludes halogenated alkanes) is 4. The van der Waals surface area contributed by atoms with Crippen LogP contribution in [0.1, 0.15) is 44.7 Å². The molecule has 0 spiro atoms. The molecule has 0 aliphatic heterocycles. The lowest BCUT2D eigenvalue weighted by Gasteiger charge is -2.06. The van der Waals surface area contributed by atoms with Gasteiger partial charge in [0.05, 0.1) is 5.69 Å². The lowest BCUT2D eigenvalue weighted by molar-refractivity contribution is 0.623. The molecular weight excluding hydrogens is 282 g/mol. The smallest absolute Gasteiger partial charge is 0.129 e. The molecule has 0 aliphatic rings. The third kappa shape index (κ3) is 3.79. The van der Waals surface area contributed by atoms with Gasteiger partial charge in [0.15, 0.2) is 0 Å². The molecule has 3 nitrogen and oxygen atoms in total. The number of hydrogen-bond donors (Lipinski definition) is 1. The van der Waals surface area contributed by atoms with Crippen molar-refractivity contribution < 1.29 is 0 Å². The monoisotopic (exact) mass is 305 g/mol. The molecule has 0 atom stereocenters. The minimum absolute atomic E-state index is 0.687. The molecule has 0 saturated heterocycles. The number of nitrogen functional groups attached to an aromatic ring is 1. The van der Waals surface area contributed by atoms with Crippen molar-refractivity contribution in [2.75, 3.05) is 5.73 Å². The molecule has 1 aromatic carbocycles. The lowest BCUT2D eigenvalue weighted by atomic mass is 10.0. The first-order chi connectivity index (χ1) is 10.1. The number of halogens is 1. The van der Waals surface area contributed by atoms with Crippen molar-refractivity contribution in [2.24, 2.45) is 7.05 Å². The van der Waals surface area contributed by atoms with E-state index in [0.717, 1.165) is 34.7 Å². The van der Waals surface area contributed by atoms with Crippen LogP contribution in [-0.2, 0) is 13.5 Å². The maximum Gasteiger partial charge on any atom is 0.129 e. The van der Waals surface area contributed by atoms with Gasteiger partial charge in [0, 0.05) is 23.2 Å². The summed E-state index contributed by atoms with van der Waals surface area (Å²) in [6.07, 6.45) is 7.21. The van der Waals surface area contributed by atoms with E-state index in [1.165, 1.54) is 25.7 Å². The molecule has 2 N–H and O–H groups in total. The van der Waals surface area contributed by atoms with Gasteiger partial charge in [0.1, 0.15) is 5.82 Å². The fraction of sp³-hybridized carbons (Fsp3) is 0.471. The summed E-state index contributed by atoms with van der Waals surface area (Å²) in [5, 5.41) is 5.30. The number of aromatic nitrogens is 2. The summed E-state index contributed by atoms with van der Waals surface area (Å²) in [7, 11) is 1.89. The third-order valence-electron chi connectivity index (χ3n) is 3.82. The largest absolute Gasteiger partial charge is 0.383 e. The van der Waals surface area contributed by atoms with E-state index in [1.807, 2.05) is 31.3 Å². The topological polar surface area (TPSA) is 43.8 Å². The zero-order valence-corrected chi connectivity index (χ0v) is 13.7. The highest BCUT2D eigenvalue weighted by atomic mass is 35.5. The second-order valence-electron chi connectivity index (χ2n) is 5.47. The minimum Gasteiger partial charge on any atom is -0.383 e. The molecule has 0 aliphatic carbocycles. The van der Waals surface area contributed by atoms with Crippen molar-refractivity contribution in [3.63, 3.8) is 0 Å². The Morgan fingerprint density at radius 1 is 1.14 bits per heavy atom. The second kappa shape index (κ2) is 7.51. The molecule has 0 amide bonds. The van der Waals surface area contributed by atoms with Crippen LogP contribution in [0.2, 0.25) is 5.02 Å². The van der Waals surface area contributed by atoms with Gasteiger partial charge >= 0.3 is 0 Å². The maximum atomic E-state index is 6.32. The van der Waals surface area contributed by atoms with Crippen molar-refractivity contribution in [2.45, 2.75) is 45.4 Å². The van der Waals surface area contributed by atoms with Crippen molar-refractivity contribution in [1.82, 2.24) is 9.78 Å². The molecule has 1 heterocycles. The van der Waals surface area contributed by atoms with E-state index in [1.54, 1.807) is 4.68 Å². The Bertz CT molecular complexity index is 590. The van der Waals surface area contributed by atoms with Gasteiger partial charge in [-0.1, -0.05) is 62.4 Å². The van der Waals surface area contributed by atoms with Crippen LogP contribution < -0.4 is 5.73 Å². The minimum atomic E-state index is 0.687. The van der Waals surface area contributed by atoms with E-state index in [2.05, 4.69) is 12.0 Å². The van der Waals surface area contributed by atoms with Gasteiger partial charge in [0.2, 0.25) is 0 Å². The summed E-state index contributed by atoms with van der Waals surface area (Å²) in [5.41, 5.74) is 9.23. The summed E-state index contributed by atoms with van der Waals surface area (Å²) < 4.78 is 1.75. The van der Waals surface area contributed by atoms with Crippen LogP contribution in [0.5, 0.6) is 0 Å². The molecule has 21 heavy (non-hydrogen) atoms. The zero-order valence-electron chi connectivity index (χ0n) is 12.9. The van der Waals surface area contributed by atoms with Gasteiger partial charge in [-0.25, -0.2) is 0 Å². The average molecular weight is 306 g/mol. The van der Waals surface area contributed by atoms with Gasteiger partial charge < -0.3 is 5.73 Å². The molecule has 0 bridgehead atoms. The Hall–Kier alpha value is -1.48. The molecule has 0 unspecified atom stereocenters. The number of hydrogen-bond acceptors (Lipinski definition) is 2. The number of aryl methyl sites for hydroxylation is 2. The highest BCUT2D eigenvalue weighted by Gasteiger charge is 2.17. The predicted molar refractivity (Wildman–Crippen MR) is 90.5 cm³/mol. The van der Waals surface area contributed by atoms with Crippen LogP contribution in [-0.4, -0.2) is 9.78 Å². The number of anilines is 1. The van der Waals surface area contributed by atoms with Crippen molar-refractivity contribution in [3.8, 4) is 11.1 Å².